The molecule has 0 saturated carbocycles. The monoisotopic (exact) mass is 516 g/mol. The summed E-state index contributed by atoms with van der Waals surface area (Å²) in [7, 11) is 0. The molecular weight excluding hydrogens is 486 g/mol. The second kappa shape index (κ2) is 9.01. The Morgan fingerprint density at radius 2 is 1.60 bits per heavy atom. The summed E-state index contributed by atoms with van der Waals surface area (Å²) in [5.41, 5.74) is 9.30. The predicted molar refractivity (Wildman–Crippen MR) is 120 cm³/mol. The molecule has 4 rings (SSSR count). The molecule has 0 amide bonds. The molecule has 0 saturated heterocycles. The standard InChI is InChI=1S/C21H25.C5H5.CH2.2ClH.Zr/c1-20(2,3)15-11-10-14-12-18-16(17(14)13-15)8-7-9-19(18)21(4,5)6;1-2-4-5-3-1;;;;/h7-13H,1-6H3;1-3H,4H2;1H2;2*1H;/q;;;;;+2/p-2. The van der Waals surface area contributed by atoms with Gasteiger partial charge in [0.05, 0.1) is 0 Å². The number of benzene rings is 2. The van der Waals surface area contributed by atoms with E-state index < -0.39 is 21.3 Å². The molecule has 0 heterocycles. The van der Waals surface area contributed by atoms with Crippen molar-refractivity contribution in [3.63, 3.8) is 0 Å². The van der Waals surface area contributed by atoms with Crippen LogP contribution in [0, 0.1) is 0 Å². The first-order valence-electron chi connectivity index (χ1n) is 10.4. The normalized spacial score (nSPS) is 16.6. The quantitative estimate of drug-likeness (QED) is 0.562. The maximum absolute atomic E-state index is 4.88. The molecule has 1 atom stereocenters. The summed E-state index contributed by atoms with van der Waals surface area (Å²) in [4.78, 5) is 0. The predicted octanol–water partition coefficient (Wildman–Crippen LogP) is 1.25. The van der Waals surface area contributed by atoms with E-state index in [4.69, 9.17) is 4.21 Å². The van der Waals surface area contributed by atoms with Crippen LogP contribution < -0.4 is 24.8 Å². The minimum absolute atomic E-state index is 0. The Hall–Kier alpha value is -0.747. The van der Waals surface area contributed by atoms with Gasteiger partial charge in [-0.25, -0.2) is 0 Å². The second-order valence-corrected chi connectivity index (χ2v) is 15.9. The summed E-state index contributed by atoms with van der Waals surface area (Å²) in [6.45, 7) is 14.0. The Bertz CT molecular complexity index is 1030. The fraction of sp³-hybridized carbons (Fsp3) is 0.370. The van der Waals surface area contributed by atoms with E-state index in [2.05, 4.69) is 96.2 Å². The Labute approximate surface area is 202 Å². The van der Waals surface area contributed by atoms with Crippen LogP contribution in [-0.2, 0) is 32.1 Å². The fourth-order valence-electron chi connectivity index (χ4n) is 4.66. The van der Waals surface area contributed by atoms with Gasteiger partial charge in [-0.1, -0.05) is 0 Å². The minimum Gasteiger partial charge on any atom is -1.00 e. The van der Waals surface area contributed by atoms with Crippen molar-refractivity contribution in [2.24, 2.45) is 0 Å². The van der Waals surface area contributed by atoms with Crippen LogP contribution in [0.2, 0.25) is 0 Å². The van der Waals surface area contributed by atoms with E-state index in [0.717, 1.165) is 6.42 Å². The van der Waals surface area contributed by atoms with Gasteiger partial charge in [0.25, 0.3) is 0 Å². The van der Waals surface area contributed by atoms with Crippen LogP contribution >= 0.6 is 0 Å². The maximum Gasteiger partial charge on any atom is -1.00 e. The van der Waals surface area contributed by atoms with E-state index in [9.17, 15) is 0 Å². The molecule has 158 valence electrons. The van der Waals surface area contributed by atoms with Gasteiger partial charge in [0.2, 0.25) is 0 Å². The van der Waals surface area contributed by atoms with Gasteiger partial charge >= 0.3 is 179 Å². The van der Waals surface area contributed by atoms with Gasteiger partial charge in [0.15, 0.2) is 0 Å². The van der Waals surface area contributed by atoms with Gasteiger partial charge in [-0.3, -0.25) is 0 Å². The Morgan fingerprint density at radius 3 is 2.17 bits per heavy atom. The molecule has 3 heteroatoms. The summed E-state index contributed by atoms with van der Waals surface area (Å²) in [5.74, 6) is 0. The van der Waals surface area contributed by atoms with E-state index in [0.29, 0.717) is 3.63 Å². The number of halogens is 2. The van der Waals surface area contributed by atoms with Crippen LogP contribution in [0.3, 0.4) is 0 Å². The number of hydrogen-bond acceptors (Lipinski definition) is 0. The van der Waals surface area contributed by atoms with Crippen LogP contribution in [-0.4, -0.2) is 4.21 Å². The molecule has 30 heavy (non-hydrogen) atoms. The molecule has 2 aliphatic rings. The summed E-state index contributed by atoms with van der Waals surface area (Å²) >= 11 is -2.08. The van der Waals surface area contributed by atoms with Crippen molar-refractivity contribution in [1.82, 2.24) is 0 Å². The third-order valence-electron chi connectivity index (χ3n) is 6.26. The van der Waals surface area contributed by atoms with E-state index in [1.165, 1.54) is 27.8 Å². The first-order chi connectivity index (χ1) is 13.1. The number of rotatable bonds is 2. The van der Waals surface area contributed by atoms with Crippen molar-refractivity contribution in [3.05, 3.63) is 80.2 Å². The molecule has 0 radical (unpaired) electrons. The van der Waals surface area contributed by atoms with Crippen molar-refractivity contribution in [2.75, 3.05) is 0 Å². The van der Waals surface area contributed by atoms with Crippen LogP contribution in [0.5, 0.6) is 0 Å². The molecule has 0 N–H and O–H groups in total. The zero-order valence-corrected chi connectivity index (χ0v) is 22.9. The van der Waals surface area contributed by atoms with Crippen LogP contribution in [0.1, 0.15) is 73.8 Å². The SMILES string of the molecule is [CH2]=[Zr+2]([C]1=CC=CC1)[CH]1c2ccc(C(C)(C)C)cc2-c2cccc(C(C)(C)C)c21.[Cl-].[Cl-]. The molecule has 0 aromatic heterocycles. The zero-order chi connectivity index (χ0) is 20.3. The third kappa shape index (κ3) is 4.41. The molecule has 2 aromatic carbocycles. The molecule has 0 fully saturated rings. The molecule has 0 nitrogen and oxygen atoms in total. The molecule has 1 unspecified atom stereocenters. The van der Waals surface area contributed by atoms with Crippen molar-refractivity contribution in [3.8, 4) is 11.1 Å². The molecule has 0 spiro atoms. The van der Waals surface area contributed by atoms with E-state index in [1.54, 1.807) is 8.84 Å². The first kappa shape index (κ1) is 25.5. The van der Waals surface area contributed by atoms with Crippen LogP contribution in [0.15, 0.2) is 57.9 Å². The Morgan fingerprint density at radius 1 is 0.900 bits per heavy atom. The molecular formula is C27H32Cl2Zr. The van der Waals surface area contributed by atoms with Crippen molar-refractivity contribution in [1.29, 1.82) is 0 Å². The molecule has 0 bridgehead atoms. The van der Waals surface area contributed by atoms with Gasteiger partial charge in [-0.2, -0.15) is 0 Å². The summed E-state index contributed by atoms with van der Waals surface area (Å²) in [6.07, 6.45) is 8.02. The second-order valence-electron chi connectivity index (χ2n) is 10.4. The average molecular weight is 519 g/mol. The van der Waals surface area contributed by atoms with Crippen LogP contribution in [0.4, 0.5) is 0 Å². The Balaban J connectivity index is 0.00000160. The Kier molecular flexibility index (Phi) is 7.66. The summed E-state index contributed by atoms with van der Waals surface area (Å²) in [5, 5.41) is 0. The molecule has 0 aliphatic heterocycles. The van der Waals surface area contributed by atoms with Crippen molar-refractivity contribution in [2.45, 2.75) is 62.4 Å². The molecule has 2 aliphatic carbocycles. The van der Waals surface area contributed by atoms with Gasteiger partial charge in [-0.15, -0.1) is 0 Å². The third-order valence-corrected chi connectivity index (χ3v) is 12.4. The van der Waals surface area contributed by atoms with E-state index >= 15 is 0 Å². The maximum atomic E-state index is 4.88. The van der Waals surface area contributed by atoms with Gasteiger partial charge in [-0.05, 0) is 0 Å². The molecule has 2 aromatic rings. The summed E-state index contributed by atoms with van der Waals surface area (Å²) < 4.78 is 7.06. The number of hydrogen-bond donors (Lipinski definition) is 0. The van der Waals surface area contributed by atoms with Gasteiger partial charge < -0.3 is 24.8 Å². The van der Waals surface area contributed by atoms with Gasteiger partial charge in [0, 0.05) is 0 Å². The fourth-order valence-corrected chi connectivity index (χ4v) is 10.4. The number of allylic oxidation sites excluding steroid dienone is 4. The first-order valence-corrected chi connectivity index (χ1v) is 14.8. The van der Waals surface area contributed by atoms with Crippen molar-refractivity contribution < 1.29 is 46.1 Å². The minimum atomic E-state index is -2.08. The topological polar surface area (TPSA) is 0 Å². The van der Waals surface area contributed by atoms with Gasteiger partial charge in [0.1, 0.15) is 0 Å². The summed E-state index contributed by atoms with van der Waals surface area (Å²) in [6, 6.07) is 14.2. The number of fused-ring (bicyclic) bond motifs is 3. The smallest absolute Gasteiger partial charge is 1.00 e. The van der Waals surface area contributed by atoms with Crippen LogP contribution in [0.25, 0.3) is 11.1 Å². The van der Waals surface area contributed by atoms with Crippen molar-refractivity contribution >= 4 is 4.21 Å². The largest absolute Gasteiger partial charge is 1.00 e. The zero-order valence-electron chi connectivity index (χ0n) is 18.9. The van der Waals surface area contributed by atoms with E-state index in [-0.39, 0.29) is 35.6 Å². The average Bonchev–Trinajstić information content (AvgIpc) is 3.25. The van der Waals surface area contributed by atoms with E-state index in [1.807, 2.05) is 0 Å².